The van der Waals surface area contributed by atoms with E-state index in [1.807, 2.05) is 0 Å². The SMILES string of the molecule is O=c1cc(-c2cnc(N3CCCCC3)nc2)cccc1O. The summed E-state index contributed by atoms with van der Waals surface area (Å²) in [6.45, 7) is 2.00. The molecule has 1 N–H and O–H groups in total. The molecular weight excluding hydrogens is 266 g/mol. The van der Waals surface area contributed by atoms with Crippen LogP contribution in [0.5, 0.6) is 5.75 Å². The van der Waals surface area contributed by atoms with E-state index >= 15 is 0 Å². The highest BCUT2D eigenvalue weighted by molar-refractivity contribution is 5.62. The lowest BCUT2D eigenvalue weighted by Crippen LogP contribution is -2.30. The van der Waals surface area contributed by atoms with Gasteiger partial charge in [-0.1, -0.05) is 12.1 Å². The summed E-state index contributed by atoms with van der Waals surface area (Å²) in [6, 6.07) is 6.19. The molecule has 0 aliphatic carbocycles. The first-order chi connectivity index (χ1) is 10.2. The summed E-state index contributed by atoms with van der Waals surface area (Å²) in [5.41, 5.74) is 1.06. The van der Waals surface area contributed by atoms with Crippen LogP contribution in [-0.2, 0) is 0 Å². The predicted molar refractivity (Wildman–Crippen MR) is 81.5 cm³/mol. The summed E-state index contributed by atoms with van der Waals surface area (Å²) in [7, 11) is 0. The molecule has 0 radical (unpaired) electrons. The van der Waals surface area contributed by atoms with Crippen molar-refractivity contribution >= 4 is 5.95 Å². The third-order valence-electron chi connectivity index (χ3n) is 3.68. The van der Waals surface area contributed by atoms with Crippen LogP contribution in [0.3, 0.4) is 0 Å². The van der Waals surface area contributed by atoms with Gasteiger partial charge in [0.1, 0.15) is 0 Å². The Morgan fingerprint density at radius 2 is 1.71 bits per heavy atom. The lowest BCUT2D eigenvalue weighted by Gasteiger charge is -2.26. The Kier molecular flexibility index (Phi) is 3.81. The van der Waals surface area contributed by atoms with Gasteiger partial charge in [-0.15, -0.1) is 0 Å². The highest BCUT2D eigenvalue weighted by Gasteiger charge is 2.13. The molecule has 2 aromatic rings. The van der Waals surface area contributed by atoms with E-state index in [0.717, 1.165) is 24.6 Å². The quantitative estimate of drug-likeness (QED) is 0.915. The zero-order chi connectivity index (χ0) is 14.7. The molecule has 1 aromatic carbocycles. The molecule has 1 aliphatic rings. The molecule has 2 heterocycles. The van der Waals surface area contributed by atoms with Crippen LogP contribution in [-0.4, -0.2) is 28.2 Å². The summed E-state index contributed by atoms with van der Waals surface area (Å²) >= 11 is 0. The second-order valence-corrected chi connectivity index (χ2v) is 5.19. The topological polar surface area (TPSA) is 66.3 Å². The highest BCUT2D eigenvalue weighted by atomic mass is 16.3. The second-order valence-electron chi connectivity index (χ2n) is 5.19. The number of hydrogen-bond acceptors (Lipinski definition) is 5. The number of aromatic nitrogens is 2. The van der Waals surface area contributed by atoms with Crippen molar-refractivity contribution in [2.75, 3.05) is 18.0 Å². The van der Waals surface area contributed by atoms with E-state index in [0.29, 0.717) is 5.56 Å². The van der Waals surface area contributed by atoms with E-state index in [-0.39, 0.29) is 5.75 Å². The summed E-state index contributed by atoms with van der Waals surface area (Å²) < 4.78 is 0. The average molecular weight is 283 g/mol. The summed E-state index contributed by atoms with van der Waals surface area (Å²) in [5, 5.41) is 9.41. The third kappa shape index (κ3) is 3.02. The van der Waals surface area contributed by atoms with Gasteiger partial charge in [0.05, 0.1) is 0 Å². The van der Waals surface area contributed by atoms with Crippen molar-refractivity contribution in [1.29, 1.82) is 0 Å². The molecule has 1 aromatic heterocycles. The Hall–Kier alpha value is -2.43. The summed E-state index contributed by atoms with van der Waals surface area (Å²) in [5.74, 6) is 0.482. The normalized spacial score (nSPS) is 15.0. The largest absolute Gasteiger partial charge is 0.504 e. The molecule has 3 rings (SSSR count). The van der Waals surface area contributed by atoms with Gasteiger partial charge in [-0.3, -0.25) is 4.79 Å². The molecular formula is C16H17N3O2. The molecule has 0 saturated carbocycles. The Bertz CT molecular complexity index is 680. The van der Waals surface area contributed by atoms with E-state index in [4.69, 9.17) is 0 Å². The standard InChI is InChI=1S/C16H17N3O2/c20-14-6-4-5-12(9-15(14)21)13-10-17-16(18-11-13)19-7-2-1-3-8-19/h4-6,9-11H,1-3,7-8H2,(H,20,21). The lowest BCUT2D eigenvalue weighted by molar-refractivity contribution is 0.471. The number of piperidine rings is 1. The number of rotatable bonds is 2. The van der Waals surface area contributed by atoms with Crippen LogP contribution in [0.25, 0.3) is 11.1 Å². The molecule has 5 nitrogen and oxygen atoms in total. The van der Waals surface area contributed by atoms with Crippen LogP contribution < -0.4 is 10.3 Å². The van der Waals surface area contributed by atoms with Gasteiger partial charge in [0.15, 0.2) is 5.75 Å². The van der Waals surface area contributed by atoms with Crippen molar-refractivity contribution in [2.24, 2.45) is 0 Å². The summed E-state index contributed by atoms with van der Waals surface area (Å²) in [4.78, 5) is 22.6. The van der Waals surface area contributed by atoms with Crippen molar-refractivity contribution in [3.63, 3.8) is 0 Å². The van der Waals surface area contributed by atoms with Crippen molar-refractivity contribution in [3.05, 3.63) is 46.9 Å². The van der Waals surface area contributed by atoms with Gasteiger partial charge in [0, 0.05) is 31.0 Å². The van der Waals surface area contributed by atoms with E-state index in [9.17, 15) is 9.90 Å². The molecule has 5 heteroatoms. The van der Waals surface area contributed by atoms with Crippen LogP contribution in [0.4, 0.5) is 5.95 Å². The molecule has 0 atom stereocenters. The van der Waals surface area contributed by atoms with Gasteiger partial charge >= 0.3 is 0 Å². The lowest BCUT2D eigenvalue weighted by atomic mass is 10.1. The van der Waals surface area contributed by atoms with Gasteiger partial charge < -0.3 is 10.0 Å². The molecule has 108 valence electrons. The monoisotopic (exact) mass is 283 g/mol. The molecule has 0 spiro atoms. The maximum Gasteiger partial charge on any atom is 0.225 e. The van der Waals surface area contributed by atoms with Gasteiger partial charge in [-0.25, -0.2) is 9.97 Å². The smallest absolute Gasteiger partial charge is 0.225 e. The fraction of sp³-hybridized carbons (Fsp3) is 0.312. The first kappa shape index (κ1) is 13.5. The predicted octanol–water partition coefficient (Wildman–Crippen LogP) is 2.20. The van der Waals surface area contributed by atoms with E-state index in [1.54, 1.807) is 24.5 Å². The molecule has 0 amide bonds. The van der Waals surface area contributed by atoms with Crippen molar-refractivity contribution in [3.8, 4) is 16.9 Å². The van der Waals surface area contributed by atoms with Crippen LogP contribution in [0.2, 0.25) is 0 Å². The Morgan fingerprint density at radius 3 is 2.43 bits per heavy atom. The molecule has 1 aliphatic heterocycles. The first-order valence-corrected chi connectivity index (χ1v) is 7.15. The minimum atomic E-state index is -0.407. The third-order valence-corrected chi connectivity index (χ3v) is 3.68. The first-order valence-electron chi connectivity index (χ1n) is 7.15. The molecule has 21 heavy (non-hydrogen) atoms. The van der Waals surface area contributed by atoms with Gasteiger partial charge in [-0.2, -0.15) is 0 Å². The second kappa shape index (κ2) is 5.91. The van der Waals surface area contributed by atoms with Gasteiger partial charge in [0.2, 0.25) is 11.4 Å². The molecule has 1 saturated heterocycles. The maximum atomic E-state index is 11.6. The van der Waals surface area contributed by atoms with E-state index < -0.39 is 5.43 Å². The van der Waals surface area contributed by atoms with E-state index in [1.165, 1.54) is 31.4 Å². The highest BCUT2D eigenvalue weighted by Crippen LogP contribution is 2.19. The number of aromatic hydroxyl groups is 1. The van der Waals surface area contributed by atoms with Crippen LogP contribution >= 0.6 is 0 Å². The minimum absolute atomic E-state index is 0.257. The Balaban J connectivity index is 1.89. The van der Waals surface area contributed by atoms with Crippen molar-refractivity contribution in [2.45, 2.75) is 19.3 Å². The fourth-order valence-electron chi connectivity index (χ4n) is 2.50. The van der Waals surface area contributed by atoms with E-state index in [2.05, 4.69) is 14.9 Å². The Labute approximate surface area is 122 Å². The molecule has 1 fully saturated rings. The maximum absolute atomic E-state index is 11.6. The van der Waals surface area contributed by atoms with Crippen LogP contribution in [0.15, 0.2) is 41.5 Å². The Morgan fingerprint density at radius 1 is 1.00 bits per heavy atom. The summed E-state index contributed by atoms with van der Waals surface area (Å²) in [6.07, 6.45) is 7.08. The zero-order valence-electron chi connectivity index (χ0n) is 11.7. The van der Waals surface area contributed by atoms with Gasteiger partial charge in [-0.05, 0) is 37.0 Å². The number of nitrogens with zero attached hydrogens (tertiary/aromatic N) is 3. The minimum Gasteiger partial charge on any atom is -0.504 e. The van der Waals surface area contributed by atoms with Gasteiger partial charge in [0.25, 0.3) is 0 Å². The number of hydrogen-bond donors (Lipinski definition) is 1. The number of anilines is 1. The van der Waals surface area contributed by atoms with Crippen LogP contribution in [0.1, 0.15) is 19.3 Å². The van der Waals surface area contributed by atoms with Crippen molar-refractivity contribution < 1.29 is 5.11 Å². The zero-order valence-corrected chi connectivity index (χ0v) is 11.7. The average Bonchev–Trinajstić information content (AvgIpc) is 2.70. The van der Waals surface area contributed by atoms with Crippen molar-refractivity contribution in [1.82, 2.24) is 9.97 Å². The molecule has 0 bridgehead atoms. The fourth-order valence-corrected chi connectivity index (χ4v) is 2.50. The molecule has 0 unspecified atom stereocenters. The van der Waals surface area contributed by atoms with Crippen LogP contribution in [0, 0.1) is 0 Å².